The molecule has 0 atom stereocenters. The molecule has 2 heterocycles. The molecule has 0 amide bonds. The maximum atomic E-state index is 5.97. The fourth-order valence-electron chi connectivity index (χ4n) is 1.92. The van der Waals surface area contributed by atoms with Gasteiger partial charge < -0.3 is 15.2 Å². The first kappa shape index (κ1) is 16.0. The maximum absolute atomic E-state index is 5.97. The van der Waals surface area contributed by atoms with Crippen molar-refractivity contribution in [1.29, 1.82) is 0 Å². The van der Waals surface area contributed by atoms with Crippen molar-refractivity contribution in [3.05, 3.63) is 6.20 Å². The summed E-state index contributed by atoms with van der Waals surface area (Å²) in [6.45, 7) is 7.58. The Hall–Kier alpha value is -1.38. The average Bonchev–Trinajstić information content (AvgIpc) is 2.83. The summed E-state index contributed by atoms with van der Waals surface area (Å²) in [4.78, 5) is 8.67. The zero-order valence-corrected chi connectivity index (χ0v) is 13.4. The van der Waals surface area contributed by atoms with E-state index >= 15 is 0 Å². The van der Waals surface area contributed by atoms with Crippen molar-refractivity contribution in [2.75, 3.05) is 24.7 Å². The van der Waals surface area contributed by atoms with Crippen LogP contribution in [0.2, 0.25) is 0 Å². The largest absolute Gasteiger partial charge is 0.383 e. The fourth-order valence-corrected chi connectivity index (χ4v) is 2.49. The molecule has 0 aromatic carbocycles. The molecule has 0 aliphatic carbocycles. The van der Waals surface area contributed by atoms with Gasteiger partial charge in [-0.3, -0.25) is 4.68 Å². The van der Waals surface area contributed by atoms with Gasteiger partial charge in [0.05, 0.1) is 11.9 Å². The van der Waals surface area contributed by atoms with Crippen molar-refractivity contribution in [1.82, 2.24) is 19.7 Å². The van der Waals surface area contributed by atoms with Gasteiger partial charge in [0.25, 0.3) is 0 Å². The van der Waals surface area contributed by atoms with E-state index in [1.165, 1.54) is 0 Å². The predicted molar refractivity (Wildman–Crippen MR) is 83.2 cm³/mol. The van der Waals surface area contributed by atoms with E-state index in [-0.39, 0.29) is 6.29 Å². The summed E-state index contributed by atoms with van der Waals surface area (Å²) in [7, 11) is 0. The minimum absolute atomic E-state index is 0.326. The van der Waals surface area contributed by atoms with Gasteiger partial charge in [-0.2, -0.15) is 5.10 Å². The second kappa shape index (κ2) is 7.58. The van der Waals surface area contributed by atoms with Gasteiger partial charge in [0.1, 0.15) is 5.82 Å². The van der Waals surface area contributed by atoms with Crippen LogP contribution in [0, 0.1) is 0 Å². The zero-order chi connectivity index (χ0) is 15.2. The van der Waals surface area contributed by atoms with E-state index in [0.717, 1.165) is 11.1 Å². The highest BCUT2D eigenvalue weighted by molar-refractivity contribution is 7.99. The Kier molecular flexibility index (Phi) is 5.77. The number of nitrogens with two attached hydrogens (primary N) is 1. The molecule has 2 aromatic rings. The standard InChI is InChI=1S/C13H21N5O2S/c1-4-19-10(20-5-2)8-18-7-9-11(14)15-13(21-6-3)16-12(9)17-18/h7,10H,4-6,8H2,1-3H3,(H2,14,15,16,17). The molecule has 7 nitrogen and oxygen atoms in total. The molecule has 21 heavy (non-hydrogen) atoms. The van der Waals surface area contributed by atoms with Crippen LogP contribution in [0.25, 0.3) is 11.0 Å². The summed E-state index contributed by atoms with van der Waals surface area (Å²) in [5.41, 5.74) is 6.57. The molecule has 2 aromatic heterocycles. The highest BCUT2D eigenvalue weighted by Crippen LogP contribution is 2.21. The molecule has 0 bridgehead atoms. The lowest BCUT2D eigenvalue weighted by molar-refractivity contribution is -0.144. The third-order valence-electron chi connectivity index (χ3n) is 2.75. The van der Waals surface area contributed by atoms with Crippen LogP contribution in [0.1, 0.15) is 20.8 Å². The van der Waals surface area contributed by atoms with Crippen LogP contribution in [-0.2, 0) is 16.0 Å². The fraction of sp³-hybridized carbons (Fsp3) is 0.615. The van der Waals surface area contributed by atoms with Crippen molar-refractivity contribution in [3.8, 4) is 0 Å². The van der Waals surface area contributed by atoms with E-state index in [9.17, 15) is 0 Å². The van der Waals surface area contributed by atoms with Crippen molar-refractivity contribution >= 4 is 28.6 Å². The zero-order valence-electron chi connectivity index (χ0n) is 12.6. The number of anilines is 1. The quantitative estimate of drug-likeness (QED) is 0.452. The van der Waals surface area contributed by atoms with Crippen molar-refractivity contribution in [2.45, 2.75) is 38.8 Å². The summed E-state index contributed by atoms with van der Waals surface area (Å²) < 4.78 is 12.8. The number of aromatic nitrogens is 4. The van der Waals surface area contributed by atoms with Gasteiger partial charge in [-0.1, -0.05) is 18.7 Å². The van der Waals surface area contributed by atoms with Gasteiger partial charge in [0.15, 0.2) is 17.1 Å². The Labute approximate surface area is 128 Å². The molecule has 2 rings (SSSR count). The number of ether oxygens (including phenoxy) is 2. The Morgan fingerprint density at radius 1 is 1.24 bits per heavy atom. The molecule has 8 heteroatoms. The van der Waals surface area contributed by atoms with Crippen LogP contribution in [0.15, 0.2) is 11.4 Å². The summed E-state index contributed by atoms with van der Waals surface area (Å²) in [6.07, 6.45) is 1.50. The second-order valence-corrected chi connectivity index (χ2v) is 5.48. The average molecular weight is 311 g/mol. The molecular formula is C13H21N5O2S. The van der Waals surface area contributed by atoms with Crippen LogP contribution in [-0.4, -0.2) is 45.0 Å². The number of hydrogen-bond donors (Lipinski definition) is 1. The molecule has 0 saturated carbocycles. The number of fused-ring (bicyclic) bond motifs is 1. The molecule has 0 fully saturated rings. The number of rotatable bonds is 8. The third kappa shape index (κ3) is 4.05. The van der Waals surface area contributed by atoms with E-state index < -0.39 is 0 Å². The van der Waals surface area contributed by atoms with Crippen molar-refractivity contribution < 1.29 is 9.47 Å². The highest BCUT2D eigenvalue weighted by Gasteiger charge is 2.13. The van der Waals surface area contributed by atoms with Crippen LogP contribution in [0.3, 0.4) is 0 Å². The Morgan fingerprint density at radius 2 is 1.95 bits per heavy atom. The van der Waals surface area contributed by atoms with E-state index in [0.29, 0.717) is 36.4 Å². The Bertz CT molecular complexity index is 583. The first-order valence-corrected chi connectivity index (χ1v) is 8.03. The monoisotopic (exact) mass is 311 g/mol. The van der Waals surface area contributed by atoms with Crippen LogP contribution >= 0.6 is 11.8 Å². The lowest BCUT2D eigenvalue weighted by atomic mass is 10.4. The van der Waals surface area contributed by atoms with Gasteiger partial charge in [0, 0.05) is 19.4 Å². The topological polar surface area (TPSA) is 88.1 Å². The summed E-state index contributed by atoms with van der Waals surface area (Å²) in [6, 6.07) is 0. The summed E-state index contributed by atoms with van der Waals surface area (Å²) in [5.74, 6) is 1.34. The van der Waals surface area contributed by atoms with E-state index in [1.54, 1.807) is 16.4 Å². The van der Waals surface area contributed by atoms with Gasteiger partial charge in [0.2, 0.25) is 0 Å². The first-order valence-electron chi connectivity index (χ1n) is 7.04. The molecule has 116 valence electrons. The van der Waals surface area contributed by atoms with Gasteiger partial charge in [-0.25, -0.2) is 9.97 Å². The van der Waals surface area contributed by atoms with E-state index in [4.69, 9.17) is 15.2 Å². The molecule has 0 aliphatic rings. The SMILES string of the molecule is CCOC(Cn1cc2c(N)nc(SCC)nc2n1)OCC. The Balaban J connectivity index is 2.23. The van der Waals surface area contributed by atoms with Crippen LogP contribution in [0.4, 0.5) is 5.82 Å². The van der Waals surface area contributed by atoms with Crippen molar-refractivity contribution in [2.24, 2.45) is 0 Å². The number of nitrogen functional groups attached to an aromatic ring is 1. The first-order chi connectivity index (χ1) is 10.2. The summed E-state index contributed by atoms with van der Waals surface area (Å²) in [5, 5.41) is 5.84. The number of nitrogens with zero attached hydrogens (tertiary/aromatic N) is 4. The molecule has 0 aliphatic heterocycles. The molecule has 0 spiro atoms. The van der Waals surface area contributed by atoms with Crippen LogP contribution < -0.4 is 5.73 Å². The minimum Gasteiger partial charge on any atom is -0.383 e. The molecule has 0 saturated heterocycles. The second-order valence-electron chi connectivity index (χ2n) is 4.25. The predicted octanol–water partition coefficient (Wildman–Crippen LogP) is 1.92. The number of thioether (sulfide) groups is 1. The molecular weight excluding hydrogens is 290 g/mol. The molecule has 0 unspecified atom stereocenters. The summed E-state index contributed by atoms with van der Waals surface area (Å²) >= 11 is 1.54. The highest BCUT2D eigenvalue weighted by atomic mass is 32.2. The van der Waals surface area contributed by atoms with Gasteiger partial charge in [-0.15, -0.1) is 0 Å². The van der Waals surface area contributed by atoms with Gasteiger partial charge >= 0.3 is 0 Å². The Morgan fingerprint density at radius 3 is 2.57 bits per heavy atom. The van der Waals surface area contributed by atoms with E-state index in [1.807, 2.05) is 27.0 Å². The molecule has 2 N–H and O–H groups in total. The maximum Gasteiger partial charge on any atom is 0.191 e. The lowest BCUT2D eigenvalue weighted by Crippen LogP contribution is -2.23. The van der Waals surface area contributed by atoms with E-state index in [2.05, 4.69) is 15.1 Å². The number of hydrogen-bond acceptors (Lipinski definition) is 7. The molecule has 0 radical (unpaired) electrons. The lowest BCUT2D eigenvalue weighted by Gasteiger charge is -2.16. The van der Waals surface area contributed by atoms with Gasteiger partial charge in [-0.05, 0) is 19.6 Å². The van der Waals surface area contributed by atoms with Crippen LogP contribution in [0.5, 0.6) is 0 Å². The van der Waals surface area contributed by atoms with Crippen molar-refractivity contribution in [3.63, 3.8) is 0 Å². The minimum atomic E-state index is -0.326. The normalized spacial score (nSPS) is 11.6. The third-order valence-corrected chi connectivity index (χ3v) is 3.48. The smallest absolute Gasteiger partial charge is 0.191 e.